The summed E-state index contributed by atoms with van der Waals surface area (Å²) in [7, 11) is 0. The summed E-state index contributed by atoms with van der Waals surface area (Å²) in [5, 5.41) is 11.1. The van der Waals surface area contributed by atoms with Crippen molar-refractivity contribution in [2.24, 2.45) is 0 Å². The van der Waals surface area contributed by atoms with Gasteiger partial charge in [0.1, 0.15) is 11.6 Å². The molecule has 1 aromatic heterocycles. The zero-order valence-corrected chi connectivity index (χ0v) is 13.5. The first-order valence-electron chi connectivity index (χ1n) is 7.56. The topological polar surface area (TPSA) is 38.1 Å². The second-order valence-electron chi connectivity index (χ2n) is 5.99. The summed E-state index contributed by atoms with van der Waals surface area (Å²) in [5.41, 5.74) is 3.35. The predicted octanol–water partition coefficient (Wildman–Crippen LogP) is 4.80. The number of aromatic hydroxyl groups is 1. The van der Waals surface area contributed by atoms with Gasteiger partial charge in [0.05, 0.1) is 21.9 Å². The molecule has 22 heavy (non-hydrogen) atoms. The number of hydrogen-bond acceptors (Lipinski definition) is 2. The first-order valence-corrected chi connectivity index (χ1v) is 8.31. The molecule has 4 rings (SSSR count). The number of phenolic OH excluding ortho intramolecular Hbond substituents is 1. The normalized spacial score (nSPS) is 20.3. The zero-order chi connectivity index (χ0) is 15.3. The van der Waals surface area contributed by atoms with Crippen molar-refractivity contribution < 1.29 is 5.11 Å². The molecule has 114 valence electrons. The van der Waals surface area contributed by atoms with E-state index in [4.69, 9.17) is 23.2 Å². The molecule has 2 aromatic rings. The largest absolute Gasteiger partial charge is 0.508 e. The number of fused-ring (bicyclic) bond motifs is 1. The molecule has 0 spiro atoms. The van der Waals surface area contributed by atoms with Crippen LogP contribution in [0.5, 0.6) is 5.75 Å². The van der Waals surface area contributed by atoms with Crippen molar-refractivity contribution in [3.8, 4) is 5.75 Å². The van der Waals surface area contributed by atoms with E-state index in [9.17, 15) is 5.11 Å². The van der Waals surface area contributed by atoms with Crippen LogP contribution in [0.1, 0.15) is 42.3 Å². The molecule has 2 aliphatic rings. The standard InChI is InChI=1S/C17H16Cl2N2O/c18-12-5-6-14(22)16(17(12)19)11-7-15-20-8-13(21(15)9-11)10-3-1-2-4-10/h3,5-6,8,11,22H,1-2,4,7,9H2. The lowest BCUT2D eigenvalue weighted by Crippen LogP contribution is -2.05. The summed E-state index contributed by atoms with van der Waals surface area (Å²) in [4.78, 5) is 4.56. The molecule has 2 heterocycles. The molecule has 0 amide bonds. The van der Waals surface area contributed by atoms with Crippen LogP contribution in [0.4, 0.5) is 0 Å². The van der Waals surface area contributed by atoms with Crippen molar-refractivity contribution >= 4 is 28.8 Å². The maximum atomic E-state index is 10.2. The van der Waals surface area contributed by atoms with E-state index in [-0.39, 0.29) is 11.7 Å². The van der Waals surface area contributed by atoms with Gasteiger partial charge in [-0.1, -0.05) is 29.3 Å². The third-order valence-electron chi connectivity index (χ3n) is 4.66. The Kier molecular flexibility index (Phi) is 3.43. The van der Waals surface area contributed by atoms with Crippen molar-refractivity contribution in [1.82, 2.24) is 9.55 Å². The van der Waals surface area contributed by atoms with Crippen LogP contribution in [0.3, 0.4) is 0 Å². The Bertz CT molecular complexity index is 779. The molecule has 3 nitrogen and oxygen atoms in total. The van der Waals surface area contributed by atoms with Gasteiger partial charge in [0.2, 0.25) is 0 Å². The number of rotatable bonds is 2. The maximum Gasteiger partial charge on any atom is 0.120 e. The molecule has 1 aliphatic heterocycles. The molecule has 1 unspecified atom stereocenters. The Hall–Kier alpha value is -1.45. The van der Waals surface area contributed by atoms with Crippen molar-refractivity contribution in [2.45, 2.75) is 38.1 Å². The van der Waals surface area contributed by atoms with Gasteiger partial charge < -0.3 is 9.67 Å². The van der Waals surface area contributed by atoms with E-state index in [1.54, 1.807) is 12.1 Å². The minimum absolute atomic E-state index is 0.121. The summed E-state index contributed by atoms with van der Waals surface area (Å²) in [6.45, 7) is 0.787. The van der Waals surface area contributed by atoms with Crippen molar-refractivity contribution in [3.05, 3.63) is 51.5 Å². The van der Waals surface area contributed by atoms with Gasteiger partial charge in [0.25, 0.3) is 0 Å². The van der Waals surface area contributed by atoms with E-state index in [0.29, 0.717) is 10.0 Å². The maximum absolute atomic E-state index is 10.2. The molecule has 0 saturated heterocycles. The average molecular weight is 335 g/mol. The summed E-state index contributed by atoms with van der Waals surface area (Å²) >= 11 is 12.4. The molecular weight excluding hydrogens is 319 g/mol. The molecule has 1 aliphatic carbocycles. The van der Waals surface area contributed by atoms with Gasteiger partial charge in [0.15, 0.2) is 0 Å². The minimum Gasteiger partial charge on any atom is -0.508 e. The Labute approximate surface area is 139 Å². The van der Waals surface area contributed by atoms with E-state index < -0.39 is 0 Å². The number of nitrogens with zero attached hydrogens (tertiary/aromatic N) is 2. The lowest BCUT2D eigenvalue weighted by Gasteiger charge is -2.15. The van der Waals surface area contributed by atoms with Gasteiger partial charge in [-0.05, 0) is 37.0 Å². The molecule has 1 aromatic carbocycles. The minimum atomic E-state index is 0.121. The van der Waals surface area contributed by atoms with Crippen molar-refractivity contribution in [3.63, 3.8) is 0 Å². The van der Waals surface area contributed by atoms with Gasteiger partial charge in [-0.15, -0.1) is 0 Å². The number of allylic oxidation sites excluding steroid dienone is 2. The lowest BCUT2D eigenvalue weighted by molar-refractivity contribution is 0.459. The Morgan fingerprint density at radius 1 is 1.27 bits per heavy atom. The highest BCUT2D eigenvalue weighted by Gasteiger charge is 2.31. The molecule has 1 atom stereocenters. The van der Waals surface area contributed by atoms with Gasteiger partial charge in [-0.3, -0.25) is 0 Å². The Balaban J connectivity index is 1.70. The average Bonchev–Trinajstić information content (AvgIpc) is 3.18. The van der Waals surface area contributed by atoms with Gasteiger partial charge in [-0.2, -0.15) is 0 Å². The van der Waals surface area contributed by atoms with E-state index >= 15 is 0 Å². The number of halogens is 2. The fourth-order valence-electron chi connectivity index (χ4n) is 3.58. The first kappa shape index (κ1) is 14.2. The molecule has 5 heteroatoms. The molecule has 0 fully saturated rings. The van der Waals surface area contributed by atoms with E-state index in [1.165, 1.54) is 17.7 Å². The second-order valence-corrected chi connectivity index (χ2v) is 6.77. The smallest absolute Gasteiger partial charge is 0.120 e. The number of imidazole rings is 1. The van der Waals surface area contributed by atoms with Crippen LogP contribution in [0.15, 0.2) is 24.4 Å². The predicted molar refractivity (Wildman–Crippen MR) is 88.6 cm³/mol. The fourth-order valence-corrected chi connectivity index (χ4v) is 4.06. The van der Waals surface area contributed by atoms with Crippen LogP contribution in [-0.2, 0) is 13.0 Å². The molecular formula is C17H16Cl2N2O. The highest BCUT2D eigenvalue weighted by atomic mass is 35.5. The summed E-state index contributed by atoms with van der Waals surface area (Å²) in [6, 6.07) is 3.25. The van der Waals surface area contributed by atoms with Crippen LogP contribution in [-0.4, -0.2) is 14.7 Å². The number of aromatic nitrogens is 2. The van der Waals surface area contributed by atoms with Crippen LogP contribution in [0.25, 0.3) is 5.57 Å². The third-order valence-corrected chi connectivity index (χ3v) is 5.48. The fraction of sp³-hybridized carbons (Fsp3) is 0.353. The first-order chi connectivity index (χ1) is 10.6. The summed E-state index contributed by atoms with van der Waals surface area (Å²) < 4.78 is 2.26. The van der Waals surface area contributed by atoms with Crippen LogP contribution < -0.4 is 0 Å². The van der Waals surface area contributed by atoms with E-state index in [1.807, 2.05) is 6.20 Å². The van der Waals surface area contributed by atoms with Gasteiger partial charge in [-0.25, -0.2) is 4.98 Å². The SMILES string of the molecule is Oc1ccc(Cl)c(Cl)c1C1Cc2ncc(C3=CCCC3)n2C1. The summed E-state index contributed by atoms with van der Waals surface area (Å²) in [6.07, 6.45) is 8.56. The van der Waals surface area contributed by atoms with Crippen LogP contribution in [0.2, 0.25) is 10.0 Å². The monoisotopic (exact) mass is 334 g/mol. The van der Waals surface area contributed by atoms with Crippen LogP contribution in [0, 0.1) is 0 Å². The lowest BCUT2D eigenvalue weighted by atomic mass is 9.96. The van der Waals surface area contributed by atoms with E-state index in [0.717, 1.165) is 37.2 Å². The molecule has 0 radical (unpaired) electrons. The Morgan fingerprint density at radius 3 is 2.91 bits per heavy atom. The Morgan fingerprint density at radius 2 is 2.14 bits per heavy atom. The summed E-state index contributed by atoms with van der Waals surface area (Å²) in [5.74, 6) is 1.39. The highest BCUT2D eigenvalue weighted by Crippen LogP contribution is 2.43. The molecule has 0 saturated carbocycles. The van der Waals surface area contributed by atoms with Crippen LogP contribution >= 0.6 is 23.2 Å². The zero-order valence-electron chi connectivity index (χ0n) is 12.0. The second kappa shape index (κ2) is 5.32. The number of hydrogen-bond donors (Lipinski definition) is 1. The van der Waals surface area contributed by atoms with Crippen molar-refractivity contribution in [2.75, 3.05) is 0 Å². The highest BCUT2D eigenvalue weighted by molar-refractivity contribution is 6.42. The molecule has 0 bridgehead atoms. The van der Waals surface area contributed by atoms with E-state index in [2.05, 4.69) is 15.6 Å². The third kappa shape index (κ3) is 2.15. The van der Waals surface area contributed by atoms with Crippen molar-refractivity contribution in [1.29, 1.82) is 0 Å². The number of phenols is 1. The molecule has 1 N–H and O–H groups in total. The van der Waals surface area contributed by atoms with Gasteiger partial charge >= 0.3 is 0 Å². The quantitative estimate of drug-likeness (QED) is 0.856. The van der Waals surface area contributed by atoms with Gasteiger partial charge in [0, 0.05) is 24.4 Å². The number of benzene rings is 1.